The van der Waals surface area contributed by atoms with Gasteiger partial charge < -0.3 is 14.9 Å². The molecule has 0 radical (unpaired) electrons. The van der Waals surface area contributed by atoms with E-state index in [0.29, 0.717) is 13.0 Å². The van der Waals surface area contributed by atoms with E-state index in [1.807, 2.05) is 31.2 Å². The van der Waals surface area contributed by atoms with Gasteiger partial charge in [0.1, 0.15) is 5.75 Å². The number of aliphatic hydroxyl groups is 2. The number of para-hydroxylation sites is 1. The Hall–Kier alpha value is -1.06. The van der Waals surface area contributed by atoms with Crippen molar-refractivity contribution in [3.63, 3.8) is 0 Å². The summed E-state index contributed by atoms with van der Waals surface area (Å²) in [7, 11) is 0. The monoisotopic (exact) mass is 210 g/mol. The van der Waals surface area contributed by atoms with Gasteiger partial charge in [0.05, 0.1) is 6.61 Å². The molecule has 1 aromatic rings. The third-order valence-electron chi connectivity index (χ3n) is 2.36. The van der Waals surface area contributed by atoms with Crippen LogP contribution in [0, 0.1) is 12.8 Å². The van der Waals surface area contributed by atoms with Gasteiger partial charge in [-0.15, -0.1) is 0 Å². The second-order valence-corrected chi connectivity index (χ2v) is 3.64. The number of ether oxygens (including phenoxy) is 1. The smallest absolute Gasteiger partial charge is 0.122 e. The van der Waals surface area contributed by atoms with Gasteiger partial charge in [0.2, 0.25) is 0 Å². The number of hydrogen-bond acceptors (Lipinski definition) is 3. The summed E-state index contributed by atoms with van der Waals surface area (Å²) in [4.78, 5) is 0. The van der Waals surface area contributed by atoms with Crippen molar-refractivity contribution in [1.82, 2.24) is 0 Å². The van der Waals surface area contributed by atoms with Gasteiger partial charge in [-0.3, -0.25) is 0 Å². The minimum absolute atomic E-state index is 0.00889. The van der Waals surface area contributed by atoms with E-state index in [-0.39, 0.29) is 19.1 Å². The number of aliphatic hydroxyl groups excluding tert-OH is 2. The average Bonchev–Trinajstić information content (AvgIpc) is 2.26. The molecule has 0 aliphatic rings. The lowest BCUT2D eigenvalue weighted by molar-refractivity contribution is 0.134. The van der Waals surface area contributed by atoms with Crippen molar-refractivity contribution in [2.24, 2.45) is 5.92 Å². The zero-order chi connectivity index (χ0) is 11.1. The van der Waals surface area contributed by atoms with Gasteiger partial charge in [0.25, 0.3) is 0 Å². The molecule has 15 heavy (non-hydrogen) atoms. The molecule has 1 atom stereocenters. The highest BCUT2D eigenvalue weighted by Gasteiger charge is 2.08. The molecule has 0 fully saturated rings. The lowest BCUT2D eigenvalue weighted by Crippen LogP contribution is -2.17. The van der Waals surface area contributed by atoms with Gasteiger partial charge in [-0.25, -0.2) is 0 Å². The molecule has 0 aliphatic heterocycles. The van der Waals surface area contributed by atoms with Crippen LogP contribution in [0.4, 0.5) is 0 Å². The van der Waals surface area contributed by atoms with E-state index in [9.17, 15) is 0 Å². The van der Waals surface area contributed by atoms with E-state index in [1.165, 1.54) is 0 Å². The Morgan fingerprint density at radius 2 is 2.00 bits per heavy atom. The topological polar surface area (TPSA) is 49.7 Å². The number of hydrogen-bond donors (Lipinski definition) is 2. The molecular formula is C12H18O3. The van der Waals surface area contributed by atoms with E-state index in [0.717, 1.165) is 11.3 Å². The highest BCUT2D eigenvalue weighted by Crippen LogP contribution is 2.17. The average molecular weight is 210 g/mol. The summed E-state index contributed by atoms with van der Waals surface area (Å²) >= 11 is 0. The molecule has 0 saturated heterocycles. The van der Waals surface area contributed by atoms with Crippen LogP contribution in [-0.4, -0.2) is 30.0 Å². The molecule has 0 saturated carbocycles. The first kappa shape index (κ1) is 12.0. The second-order valence-electron chi connectivity index (χ2n) is 3.64. The van der Waals surface area contributed by atoms with Crippen LogP contribution in [0.3, 0.4) is 0 Å². The summed E-state index contributed by atoms with van der Waals surface area (Å²) in [5, 5.41) is 17.8. The molecule has 0 spiro atoms. The van der Waals surface area contributed by atoms with Crippen LogP contribution in [0.1, 0.15) is 12.0 Å². The molecular weight excluding hydrogens is 192 g/mol. The van der Waals surface area contributed by atoms with Crippen molar-refractivity contribution in [3.05, 3.63) is 29.8 Å². The predicted octanol–water partition coefficient (Wildman–Crippen LogP) is 1.36. The normalized spacial score (nSPS) is 12.5. The lowest BCUT2D eigenvalue weighted by Gasteiger charge is -2.15. The van der Waals surface area contributed by atoms with Gasteiger partial charge in [-0.05, 0) is 25.0 Å². The van der Waals surface area contributed by atoms with E-state index >= 15 is 0 Å². The maximum atomic E-state index is 9.01. The maximum absolute atomic E-state index is 9.01. The Morgan fingerprint density at radius 1 is 1.27 bits per heavy atom. The Morgan fingerprint density at radius 3 is 2.60 bits per heavy atom. The Labute approximate surface area is 90.3 Å². The third kappa shape index (κ3) is 3.90. The Bertz CT molecular complexity index is 286. The summed E-state index contributed by atoms with van der Waals surface area (Å²) in [5.74, 6) is 0.850. The summed E-state index contributed by atoms with van der Waals surface area (Å²) in [6.45, 7) is 2.56. The molecule has 1 rings (SSSR count). The van der Waals surface area contributed by atoms with Crippen LogP contribution in [-0.2, 0) is 0 Å². The SMILES string of the molecule is Cc1ccccc1OCC(CO)CCO. The minimum atomic E-state index is 0.00889. The van der Waals surface area contributed by atoms with Crippen LogP contribution in [0.5, 0.6) is 5.75 Å². The molecule has 0 aromatic heterocycles. The molecule has 2 N–H and O–H groups in total. The van der Waals surface area contributed by atoms with Gasteiger partial charge in [0, 0.05) is 19.1 Å². The second kappa shape index (κ2) is 6.43. The molecule has 1 unspecified atom stereocenters. The summed E-state index contributed by atoms with van der Waals surface area (Å²) in [6.07, 6.45) is 0.572. The summed E-state index contributed by atoms with van der Waals surface area (Å²) in [5.41, 5.74) is 1.08. The fraction of sp³-hybridized carbons (Fsp3) is 0.500. The lowest BCUT2D eigenvalue weighted by atomic mass is 10.1. The molecule has 3 nitrogen and oxygen atoms in total. The predicted molar refractivity (Wildman–Crippen MR) is 59.0 cm³/mol. The van der Waals surface area contributed by atoms with Gasteiger partial charge >= 0.3 is 0 Å². The first-order chi connectivity index (χ1) is 7.27. The van der Waals surface area contributed by atoms with E-state index in [4.69, 9.17) is 14.9 Å². The van der Waals surface area contributed by atoms with Crippen LogP contribution < -0.4 is 4.74 Å². The van der Waals surface area contributed by atoms with Gasteiger partial charge in [-0.2, -0.15) is 0 Å². The van der Waals surface area contributed by atoms with E-state index in [2.05, 4.69) is 0 Å². The first-order valence-electron chi connectivity index (χ1n) is 5.18. The molecule has 0 bridgehead atoms. The van der Waals surface area contributed by atoms with Crippen LogP contribution in [0.25, 0.3) is 0 Å². The number of aryl methyl sites for hydroxylation is 1. The van der Waals surface area contributed by atoms with Crippen molar-refractivity contribution in [2.75, 3.05) is 19.8 Å². The molecule has 0 heterocycles. The van der Waals surface area contributed by atoms with Crippen molar-refractivity contribution < 1.29 is 14.9 Å². The van der Waals surface area contributed by atoms with Gasteiger partial charge in [-0.1, -0.05) is 18.2 Å². The minimum Gasteiger partial charge on any atom is -0.493 e. The quantitative estimate of drug-likeness (QED) is 0.745. The van der Waals surface area contributed by atoms with E-state index < -0.39 is 0 Å². The fourth-order valence-electron chi connectivity index (χ4n) is 1.34. The molecule has 0 aliphatic carbocycles. The Kier molecular flexibility index (Phi) is 5.15. The summed E-state index contributed by atoms with van der Waals surface area (Å²) in [6, 6.07) is 7.76. The van der Waals surface area contributed by atoms with Gasteiger partial charge in [0.15, 0.2) is 0 Å². The van der Waals surface area contributed by atoms with Crippen LogP contribution in [0.2, 0.25) is 0 Å². The third-order valence-corrected chi connectivity index (χ3v) is 2.36. The number of benzene rings is 1. The maximum Gasteiger partial charge on any atom is 0.122 e. The largest absolute Gasteiger partial charge is 0.493 e. The highest BCUT2D eigenvalue weighted by molar-refractivity contribution is 5.31. The first-order valence-corrected chi connectivity index (χ1v) is 5.18. The fourth-order valence-corrected chi connectivity index (χ4v) is 1.34. The highest BCUT2D eigenvalue weighted by atomic mass is 16.5. The molecule has 1 aromatic carbocycles. The van der Waals surface area contributed by atoms with E-state index in [1.54, 1.807) is 0 Å². The molecule has 84 valence electrons. The molecule has 3 heteroatoms. The molecule has 0 amide bonds. The van der Waals surface area contributed by atoms with Crippen molar-refractivity contribution in [3.8, 4) is 5.75 Å². The van der Waals surface area contributed by atoms with Crippen LogP contribution >= 0.6 is 0 Å². The zero-order valence-corrected chi connectivity index (χ0v) is 9.02. The Balaban J connectivity index is 2.45. The van der Waals surface area contributed by atoms with Crippen molar-refractivity contribution >= 4 is 0 Å². The zero-order valence-electron chi connectivity index (χ0n) is 9.02. The summed E-state index contributed by atoms with van der Waals surface area (Å²) < 4.78 is 5.57. The van der Waals surface area contributed by atoms with Crippen LogP contribution in [0.15, 0.2) is 24.3 Å². The number of rotatable bonds is 6. The van der Waals surface area contributed by atoms with Crippen molar-refractivity contribution in [2.45, 2.75) is 13.3 Å². The van der Waals surface area contributed by atoms with Crippen molar-refractivity contribution in [1.29, 1.82) is 0 Å². The standard InChI is InChI=1S/C12H18O3/c1-10-4-2-3-5-12(10)15-9-11(8-14)6-7-13/h2-5,11,13-14H,6-9H2,1H3.